The Morgan fingerprint density at radius 2 is 1.56 bits per heavy atom. The molecule has 3 amide bonds. The average Bonchev–Trinajstić information content (AvgIpc) is 3.02. The Morgan fingerprint density at radius 1 is 1.03 bits per heavy atom. The topological polar surface area (TPSA) is 121 Å². The summed E-state index contributed by atoms with van der Waals surface area (Å²) < 4.78 is 29.7. The number of amides is 3. The van der Waals surface area contributed by atoms with Gasteiger partial charge in [-0.1, -0.05) is 32.4 Å². The fourth-order valence-electron chi connectivity index (χ4n) is 3.85. The molecule has 0 aliphatic carbocycles. The Morgan fingerprint density at radius 3 is 2.03 bits per heavy atom. The van der Waals surface area contributed by atoms with Crippen LogP contribution < -0.4 is 0 Å². The van der Waals surface area contributed by atoms with Gasteiger partial charge in [0, 0.05) is 26.2 Å². The molecule has 1 saturated heterocycles. The van der Waals surface area contributed by atoms with Gasteiger partial charge >= 0.3 is 5.97 Å². The third-order valence-corrected chi connectivity index (χ3v) is 7.23. The molecule has 3 rings (SSSR count). The van der Waals surface area contributed by atoms with Crippen LogP contribution in [0.5, 0.6) is 0 Å². The minimum atomic E-state index is -3.33. The summed E-state index contributed by atoms with van der Waals surface area (Å²) >= 11 is 0. The molecular weight excluding hydrogens is 438 g/mol. The molecular formula is C21H27N3O7S. The maximum atomic E-state index is 12.9. The van der Waals surface area contributed by atoms with Crippen molar-refractivity contribution in [3.63, 3.8) is 0 Å². The number of imide groups is 1. The number of benzene rings is 1. The van der Waals surface area contributed by atoms with Crippen LogP contribution in [0.4, 0.5) is 0 Å². The van der Waals surface area contributed by atoms with Crippen LogP contribution in [-0.2, 0) is 24.3 Å². The summed E-state index contributed by atoms with van der Waals surface area (Å²) in [6.45, 7) is 3.74. The van der Waals surface area contributed by atoms with Gasteiger partial charge in [0.05, 0.1) is 17.4 Å². The average molecular weight is 466 g/mol. The SMILES string of the molecule is CC[C@H](C)[C@@H](C(=O)OCC(=O)N1CCN(S(C)(=O)=O)CC1)N1C(=O)c2ccccc2C1=O. The van der Waals surface area contributed by atoms with Crippen molar-refractivity contribution in [1.82, 2.24) is 14.1 Å². The van der Waals surface area contributed by atoms with Crippen molar-refractivity contribution >= 4 is 33.7 Å². The summed E-state index contributed by atoms with van der Waals surface area (Å²) in [5, 5.41) is 0. The second-order valence-electron chi connectivity index (χ2n) is 8.01. The molecule has 174 valence electrons. The number of sulfonamides is 1. The Bertz CT molecular complexity index is 997. The summed E-state index contributed by atoms with van der Waals surface area (Å²) in [4.78, 5) is 53.4. The van der Waals surface area contributed by atoms with E-state index in [2.05, 4.69) is 0 Å². The van der Waals surface area contributed by atoms with E-state index >= 15 is 0 Å². The third kappa shape index (κ3) is 4.68. The first kappa shape index (κ1) is 23.9. The minimum Gasteiger partial charge on any atom is -0.454 e. The molecule has 2 heterocycles. The van der Waals surface area contributed by atoms with Crippen molar-refractivity contribution in [1.29, 1.82) is 0 Å². The number of fused-ring (bicyclic) bond motifs is 1. The number of esters is 1. The van der Waals surface area contributed by atoms with Gasteiger partial charge in [0.15, 0.2) is 6.61 Å². The van der Waals surface area contributed by atoms with Crippen LogP contribution in [0.3, 0.4) is 0 Å². The molecule has 10 nitrogen and oxygen atoms in total. The Hall–Kier alpha value is -2.79. The lowest BCUT2D eigenvalue weighted by Gasteiger charge is -2.33. The van der Waals surface area contributed by atoms with Gasteiger partial charge in [-0.25, -0.2) is 13.2 Å². The van der Waals surface area contributed by atoms with Gasteiger partial charge in [-0.15, -0.1) is 0 Å². The van der Waals surface area contributed by atoms with Gasteiger partial charge in [-0.3, -0.25) is 19.3 Å². The molecule has 1 fully saturated rings. The van der Waals surface area contributed by atoms with Crippen LogP contribution in [-0.4, -0.2) is 91.3 Å². The summed E-state index contributed by atoms with van der Waals surface area (Å²) in [5.74, 6) is -2.78. The van der Waals surface area contributed by atoms with E-state index in [9.17, 15) is 27.6 Å². The smallest absolute Gasteiger partial charge is 0.330 e. The number of carbonyl (C=O) groups excluding carboxylic acids is 4. The van der Waals surface area contributed by atoms with Crippen molar-refractivity contribution in [2.45, 2.75) is 26.3 Å². The Labute approximate surface area is 187 Å². The highest BCUT2D eigenvalue weighted by molar-refractivity contribution is 7.88. The zero-order valence-corrected chi connectivity index (χ0v) is 19.1. The van der Waals surface area contributed by atoms with E-state index in [1.165, 1.54) is 21.3 Å². The van der Waals surface area contributed by atoms with E-state index in [-0.39, 0.29) is 43.2 Å². The summed E-state index contributed by atoms with van der Waals surface area (Å²) in [6, 6.07) is 5.21. The second-order valence-corrected chi connectivity index (χ2v) is 9.99. The van der Waals surface area contributed by atoms with E-state index in [0.29, 0.717) is 6.42 Å². The van der Waals surface area contributed by atoms with E-state index in [1.54, 1.807) is 19.1 Å². The lowest BCUT2D eigenvalue weighted by Crippen LogP contribution is -2.52. The number of hydrogen-bond acceptors (Lipinski definition) is 7. The van der Waals surface area contributed by atoms with Crippen LogP contribution in [0.25, 0.3) is 0 Å². The molecule has 0 N–H and O–H groups in total. The van der Waals surface area contributed by atoms with Crippen molar-refractivity contribution in [3.05, 3.63) is 35.4 Å². The first-order valence-corrected chi connectivity index (χ1v) is 12.3. The molecule has 0 aromatic heterocycles. The molecule has 2 aliphatic rings. The molecule has 0 spiro atoms. The third-order valence-electron chi connectivity index (χ3n) is 5.93. The van der Waals surface area contributed by atoms with Gasteiger partial charge in [0.25, 0.3) is 17.7 Å². The van der Waals surface area contributed by atoms with E-state index < -0.39 is 46.4 Å². The quantitative estimate of drug-likeness (QED) is 0.421. The fourth-order valence-corrected chi connectivity index (χ4v) is 4.68. The molecule has 0 unspecified atom stereocenters. The number of rotatable bonds is 7. The molecule has 2 aliphatic heterocycles. The lowest BCUT2D eigenvalue weighted by molar-refractivity contribution is -0.157. The number of piperazine rings is 1. The summed E-state index contributed by atoms with van der Waals surface area (Å²) in [5.41, 5.74) is 0.469. The first-order chi connectivity index (χ1) is 15.1. The number of carbonyl (C=O) groups is 4. The summed E-state index contributed by atoms with van der Waals surface area (Å²) in [6.07, 6.45) is 1.62. The maximum Gasteiger partial charge on any atom is 0.330 e. The zero-order chi connectivity index (χ0) is 23.6. The Kier molecular flexibility index (Phi) is 6.99. The maximum absolute atomic E-state index is 12.9. The van der Waals surface area contributed by atoms with Gasteiger partial charge < -0.3 is 9.64 Å². The molecule has 0 bridgehead atoms. The zero-order valence-electron chi connectivity index (χ0n) is 18.3. The van der Waals surface area contributed by atoms with Gasteiger partial charge in [0.2, 0.25) is 10.0 Å². The van der Waals surface area contributed by atoms with Crippen molar-refractivity contribution in [2.75, 3.05) is 39.0 Å². The van der Waals surface area contributed by atoms with E-state index in [0.717, 1.165) is 11.2 Å². The highest BCUT2D eigenvalue weighted by Gasteiger charge is 2.45. The highest BCUT2D eigenvalue weighted by Crippen LogP contribution is 2.28. The summed E-state index contributed by atoms with van der Waals surface area (Å²) in [7, 11) is -3.33. The van der Waals surface area contributed by atoms with Crippen LogP contribution in [0, 0.1) is 5.92 Å². The van der Waals surface area contributed by atoms with Crippen molar-refractivity contribution < 1.29 is 32.3 Å². The van der Waals surface area contributed by atoms with E-state index in [4.69, 9.17) is 4.74 Å². The second kappa shape index (κ2) is 9.37. The van der Waals surface area contributed by atoms with Crippen LogP contribution in [0.1, 0.15) is 41.0 Å². The highest BCUT2D eigenvalue weighted by atomic mass is 32.2. The fraction of sp³-hybridized carbons (Fsp3) is 0.524. The molecule has 1 aromatic carbocycles. The molecule has 32 heavy (non-hydrogen) atoms. The predicted octanol–water partition coefficient (Wildman–Crippen LogP) is 0.344. The first-order valence-electron chi connectivity index (χ1n) is 10.4. The van der Waals surface area contributed by atoms with Gasteiger partial charge in [-0.2, -0.15) is 4.31 Å². The van der Waals surface area contributed by atoms with Crippen LogP contribution >= 0.6 is 0 Å². The van der Waals surface area contributed by atoms with Gasteiger partial charge in [-0.05, 0) is 18.1 Å². The van der Waals surface area contributed by atoms with Crippen molar-refractivity contribution in [2.24, 2.45) is 5.92 Å². The predicted molar refractivity (Wildman–Crippen MR) is 114 cm³/mol. The molecule has 0 radical (unpaired) electrons. The van der Waals surface area contributed by atoms with Crippen LogP contribution in [0.15, 0.2) is 24.3 Å². The largest absolute Gasteiger partial charge is 0.454 e. The lowest BCUT2D eigenvalue weighted by atomic mass is 9.97. The Balaban J connectivity index is 1.66. The molecule has 2 atom stereocenters. The normalized spacial score (nSPS) is 19.0. The van der Waals surface area contributed by atoms with Crippen molar-refractivity contribution in [3.8, 4) is 0 Å². The number of nitrogens with zero attached hydrogens (tertiary/aromatic N) is 3. The van der Waals surface area contributed by atoms with E-state index in [1.807, 2.05) is 6.92 Å². The molecule has 11 heteroatoms. The molecule has 1 aromatic rings. The van der Waals surface area contributed by atoms with Gasteiger partial charge in [0.1, 0.15) is 6.04 Å². The standard InChI is InChI=1S/C21H27N3O7S/c1-4-14(2)18(24-19(26)15-7-5-6-8-16(15)20(24)27)21(28)31-13-17(25)22-9-11-23(12-10-22)32(3,29)30/h5-8,14,18H,4,9-13H2,1-3H3/t14-,18-/m0/s1. The van der Waals surface area contributed by atoms with Crippen LogP contribution in [0.2, 0.25) is 0 Å². The number of hydrogen-bond donors (Lipinski definition) is 0. The minimum absolute atomic E-state index is 0.170. The monoisotopic (exact) mass is 465 g/mol. The number of ether oxygens (including phenoxy) is 1. The molecule has 0 saturated carbocycles.